The third-order valence-electron chi connectivity index (χ3n) is 1.91. The number of benzene rings is 1. The highest BCUT2D eigenvalue weighted by Crippen LogP contribution is 2.26. The van der Waals surface area contributed by atoms with Crippen molar-refractivity contribution in [2.24, 2.45) is 0 Å². The number of nitrogens with two attached hydrogens (primary N) is 1. The Labute approximate surface area is 105 Å². The van der Waals surface area contributed by atoms with Crippen LogP contribution in [0.2, 0.25) is 0 Å². The summed E-state index contributed by atoms with van der Waals surface area (Å²) in [4.78, 5) is 9.68. The van der Waals surface area contributed by atoms with Crippen LogP contribution in [0.25, 0.3) is 0 Å². The molecule has 0 aliphatic rings. The van der Waals surface area contributed by atoms with Crippen LogP contribution >= 0.6 is 0 Å². The average Bonchev–Trinajstić information content (AvgIpc) is 2.12. The first-order valence-electron chi connectivity index (χ1n) is 5.11. The molecule has 0 aliphatic carbocycles. The second-order valence-electron chi connectivity index (χ2n) is 4.84. The largest absolute Gasteiger partial charge is 0.399 e. The van der Waals surface area contributed by atoms with E-state index in [9.17, 15) is 18.5 Å². The monoisotopic (exact) mass is 273 g/mol. The Morgan fingerprint density at radius 3 is 2.33 bits per heavy atom. The molecule has 1 rings (SSSR count). The fourth-order valence-electron chi connectivity index (χ4n) is 1.36. The van der Waals surface area contributed by atoms with E-state index in [-0.39, 0.29) is 5.69 Å². The van der Waals surface area contributed by atoms with Crippen LogP contribution in [0.4, 0.5) is 11.4 Å². The van der Waals surface area contributed by atoms with Gasteiger partial charge in [0.2, 0.25) is 10.0 Å². The molecule has 0 aliphatic heterocycles. The van der Waals surface area contributed by atoms with Crippen molar-refractivity contribution < 1.29 is 13.3 Å². The lowest BCUT2D eigenvalue weighted by molar-refractivity contribution is -0.387. The predicted octanol–water partition coefficient (Wildman–Crippen LogP) is 1.25. The lowest BCUT2D eigenvalue weighted by Gasteiger charge is -2.20. The molecule has 0 spiro atoms. The Bertz CT molecular complexity index is 575. The molecule has 0 saturated heterocycles. The van der Waals surface area contributed by atoms with Gasteiger partial charge in [-0.3, -0.25) is 10.1 Å². The van der Waals surface area contributed by atoms with Gasteiger partial charge in [-0.05, 0) is 32.9 Å². The van der Waals surface area contributed by atoms with Crippen LogP contribution in [0.15, 0.2) is 23.1 Å². The van der Waals surface area contributed by atoms with E-state index >= 15 is 0 Å². The standard InChI is InChI=1S/C10H15N3O4S/c1-10(2,3)12-18(16,17)9-5-4-7(11)6-8(9)13(14)15/h4-6,12H,11H2,1-3H3. The molecule has 7 nitrogen and oxygen atoms in total. The quantitative estimate of drug-likeness (QED) is 0.488. The summed E-state index contributed by atoms with van der Waals surface area (Å²) < 4.78 is 26.4. The van der Waals surface area contributed by atoms with E-state index in [0.717, 1.165) is 12.1 Å². The molecular formula is C10H15N3O4S. The lowest BCUT2D eigenvalue weighted by atomic mass is 10.1. The summed E-state index contributed by atoms with van der Waals surface area (Å²) in [7, 11) is -3.96. The first-order chi connectivity index (χ1) is 8.03. The zero-order valence-corrected chi connectivity index (χ0v) is 11.1. The first-order valence-corrected chi connectivity index (χ1v) is 6.59. The van der Waals surface area contributed by atoms with Gasteiger partial charge in [0.1, 0.15) is 0 Å². The van der Waals surface area contributed by atoms with E-state index in [2.05, 4.69) is 4.72 Å². The van der Waals surface area contributed by atoms with Crippen LogP contribution < -0.4 is 10.5 Å². The maximum absolute atomic E-state index is 12.0. The Morgan fingerprint density at radius 2 is 1.89 bits per heavy atom. The van der Waals surface area contributed by atoms with E-state index in [0.29, 0.717) is 0 Å². The number of rotatable bonds is 3. The molecule has 0 unspecified atom stereocenters. The highest BCUT2D eigenvalue weighted by atomic mass is 32.2. The minimum absolute atomic E-state index is 0.136. The molecule has 0 atom stereocenters. The van der Waals surface area contributed by atoms with Crippen LogP contribution in [0.5, 0.6) is 0 Å². The molecule has 1 aromatic carbocycles. The summed E-state index contributed by atoms with van der Waals surface area (Å²) in [5.41, 5.74) is 4.29. The van der Waals surface area contributed by atoms with Gasteiger partial charge < -0.3 is 5.73 Å². The number of nitrogen functional groups attached to an aromatic ring is 1. The van der Waals surface area contributed by atoms with Gasteiger partial charge >= 0.3 is 0 Å². The highest BCUT2D eigenvalue weighted by molar-refractivity contribution is 7.89. The lowest BCUT2D eigenvalue weighted by Crippen LogP contribution is -2.40. The minimum atomic E-state index is -3.96. The number of sulfonamides is 1. The van der Waals surface area contributed by atoms with E-state index in [1.165, 1.54) is 6.07 Å². The van der Waals surface area contributed by atoms with Crippen molar-refractivity contribution >= 4 is 21.4 Å². The van der Waals surface area contributed by atoms with E-state index in [1.807, 2.05) is 0 Å². The van der Waals surface area contributed by atoms with E-state index in [4.69, 9.17) is 5.73 Å². The summed E-state index contributed by atoms with van der Waals surface area (Å²) in [5.74, 6) is 0. The summed E-state index contributed by atoms with van der Waals surface area (Å²) in [6, 6.07) is 3.46. The Hall–Kier alpha value is -1.67. The third kappa shape index (κ3) is 3.41. The molecule has 0 bridgehead atoms. The van der Waals surface area contributed by atoms with Gasteiger partial charge in [-0.15, -0.1) is 0 Å². The second-order valence-corrected chi connectivity index (χ2v) is 6.49. The molecule has 3 N–H and O–H groups in total. The van der Waals surface area contributed by atoms with Crippen molar-refractivity contribution in [3.63, 3.8) is 0 Å². The number of hydrogen-bond acceptors (Lipinski definition) is 5. The highest BCUT2D eigenvalue weighted by Gasteiger charge is 2.29. The summed E-state index contributed by atoms with van der Waals surface area (Å²) >= 11 is 0. The van der Waals surface area contributed by atoms with Gasteiger partial charge in [0, 0.05) is 17.3 Å². The van der Waals surface area contributed by atoms with Gasteiger partial charge in [-0.25, -0.2) is 13.1 Å². The summed E-state index contributed by atoms with van der Waals surface area (Å²) in [5, 5.41) is 10.8. The molecule has 100 valence electrons. The molecule has 0 heterocycles. The van der Waals surface area contributed by atoms with Crippen LogP contribution in [-0.2, 0) is 10.0 Å². The Morgan fingerprint density at radius 1 is 1.33 bits per heavy atom. The summed E-state index contributed by atoms with van der Waals surface area (Å²) in [6.45, 7) is 4.94. The van der Waals surface area contributed by atoms with Crippen molar-refractivity contribution in [3.8, 4) is 0 Å². The smallest absolute Gasteiger partial charge is 0.291 e. The molecule has 0 aromatic heterocycles. The number of nitrogens with zero attached hydrogens (tertiary/aromatic N) is 1. The topological polar surface area (TPSA) is 115 Å². The third-order valence-corrected chi connectivity index (χ3v) is 3.72. The van der Waals surface area contributed by atoms with Crippen LogP contribution in [-0.4, -0.2) is 18.9 Å². The Balaban J connectivity index is 3.37. The van der Waals surface area contributed by atoms with Gasteiger partial charge in [0.25, 0.3) is 5.69 Å². The van der Waals surface area contributed by atoms with Crippen molar-refractivity contribution in [1.82, 2.24) is 4.72 Å². The number of nitrogens with one attached hydrogen (secondary N) is 1. The average molecular weight is 273 g/mol. The molecule has 8 heteroatoms. The van der Waals surface area contributed by atoms with Gasteiger partial charge in [0.15, 0.2) is 4.90 Å². The van der Waals surface area contributed by atoms with Crippen LogP contribution in [0.1, 0.15) is 20.8 Å². The normalized spacial score (nSPS) is 12.4. The second kappa shape index (κ2) is 4.54. The van der Waals surface area contributed by atoms with Gasteiger partial charge in [-0.1, -0.05) is 0 Å². The van der Waals surface area contributed by atoms with Crippen molar-refractivity contribution in [2.75, 3.05) is 5.73 Å². The zero-order valence-electron chi connectivity index (χ0n) is 10.3. The van der Waals surface area contributed by atoms with Crippen molar-refractivity contribution in [2.45, 2.75) is 31.2 Å². The van der Waals surface area contributed by atoms with Gasteiger partial charge in [-0.2, -0.15) is 0 Å². The molecule has 0 radical (unpaired) electrons. The number of nitro benzene ring substituents is 1. The molecule has 18 heavy (non-hydrogen) atoms. The molecular weight excluding hydrogens is 258 g/mol. The SMILES string of the molecule is CC(C)(C)NS(=O)(=O)c1ccc(N)cc1[N+](=O)[O-]. The molecule has 1 aromatic rings. The minimum Gasteiger partial charge on any atom is -0.399 e. The van der Waals surface area contributed by atoms with E-state index in [1.54, 1.807) is 20.8 Å². The zero-order chi connectivity index (χ0) is 14.1. The number of nitro groups is 1. The van der Waals surface area contributed by atoms with E-state index < -0.39 is 31.1 Å². The maximum Gasteiger partial charge on any atom is 0.291 e. The Kier molecular flexibility index (Phi) is 3.63. The fraction of sp³-hybridized carbons (Fsp3) is 0.400. The molecule has 0 fully saturated rings. The fourth-order valence-corrected chi connectivity index (χ4v) is 2.93. The van der Waals surface area contributed by atoms with Crippen LogP contribution in [0, 0.1) is 10.1 Å². The first kappa shape index (κ1) is 14.4. The molecule has 0 saturated carbocycles. The van der Waals surface area contributed by atoms with Crippen molar-refractivity contribution in [3.05, 3.63) is 28.3 Å². The van der Waals surface area contributed by atoms with Crippen molar-refractivity contribution in [1.29, 1.82) is 0 Å². The molecule has 0 amide bonds. The summed E-state index contributed by atoms with van der Waals surface area (Å²) in [6.07, 6.45) is 0. The van der Waals surface area contributed by atoms with Crippen LogP contribution in [0.3, 0.4) is 0 Å². The predicted molar refractivity (Wildman–Crippen MR) is 67.6 cm³/mol. The van der Waals surface area contributed by atoms with Gasteiger partial charge in [0.05, 0.1) is 4.92 Å². The maximum atomic E-state index is 12.0. The number of anilines is 1. The number of hydrogen-bond donors (Lipinski definition) is 2.